The number of hydrogen-bond donors (Lipinski definition) is 2. The monoisotopic (exact) mass is 758 g/mol. The lowest BCUT2D eigenvalue weighted by atomic mass is 9.23. The van der Waals surface area contributed by atoms with E-state index in [1.54, 1.807) is 0 Å². The summed E-state index contributed by atoms with van der Waals surface area (Å²) in [5.41, 5.74) is 9.01. The van der Waals surface area contributed by atoms with Crippen LogP contribution in [0.15, 0.2) is 170 Å². The second-order valence-corrected chi connectivity index (χ2v) is 20.9. The van der Waals surface area contributed by atoms with Crippen molar-refractivity contribution in [2.24, 2.45) is 10.8 Å². The minimum atomic E-state index is -0.0387. The first-order valence-electron chi connectivity index (χ1n) is 22.0. The molecule has 8 aliphatic rings. The Balaban J connectivity index is 1.17. The minimum Gasteiger partial charge on any atom is -0.508 e. The van der Waals surface area contributed by atoms with Gasteiger partial charge in [0.2, 0.25) is 0 Å². The van der Waals surface area contributed by atoms with Gasteiger partial charge in [-0.05, 0) is 178 Å². The fraction of sp³-hybridized carbons (Fsp3) is 0.357. The Morgan fingerprint density at radius 3 is 0.621 bits per heavy atom. The van der Waals surface area contributed by atoms with Gasteiger partial charge in [0.15, 0.2) is 0 Å². The first kappa shape index (κ1) is 34.9. The molecule has 0 aromatic heterocycles. The summed E-state index contributed by atoms with van der Waals surface area (Å²) in [5.74, 6) is 0.704. The van der Waals surface area contributed by atoms with Crippen LogP contribution >= 0.6 is 0 Å². The van der Waals surface area contributed by atoms with Crippen LogP contribution in [-0.2, 0) is 32.5 Å². The fourth-order valence-electron chi connectivity index (χ4n) is 17.0. The van der Waals surface area contributed by atoms with Crippen molar-refractivity contribution < 1.29 is 10.2 Å². The van der Waals surface area contributed by atoms with E-state index in [2.05, 4.69) is 146 Å². The van der Waals surface area contributed by atoms with E-state index in [9.17, 15) is 10.2 Å². The molecule has 2 nitrogen and oxygen atoms in total. The van der Waals surface area contributed by atoms with Crippen molar-refractivity contribution in [1.82, 2.24) is 0 Å². The molecule has 2 heteroatoms. The van der Waals surface area contributed by atoms with Gasteiger partial charge in [0.1, 0.15) is 11.5 Å². The van der Waals surface area contributed by atoms with E-state index < -0.39 is 0 Å². The normalized spacial score (nSPS) is 37.9. The summed E-state index contributed by atoms with van der Waals surface area (Å²) in [4.78, 5) is 0. The van der Waals surface area contributed by atoms with Crippen LogP contribution in [0.25, 0.3) is 0 Å². The second kappa shape index (κ2) is 11.8. The third-order valence-electron chi connectivity index (χ3n) is 17.8. The van der Waals surface area contributed by atoms with E-state index in [1.165, 1.54) is 84.7 Å². The van der Waals surface area contributed by atoms with Crippen LogP contribution in [-0.4, -0.2) is 10.2 Å². The molecular weight excluding hydrogens is 705 g/mol. The molecule has 6 aromatic carbocycles. The first-order chi connectivity index (χ1) is 28.2. The molecule has 6 aromatic rings. The van der Waals surface area contributed by atoms with Crippen LogP contribution in [0.1, 0.15) is 110 Å². The van der Waals surface area contributed by atoms with E-state index >= 15 is 0 Å². The Labute approximate surface area is 344 Å². The molecular formula is C56H54O2. The Bertz CT molecular complexity index is 2200. The number of hydrogen-bond acceptors (Lipinski definition) is 2. The highest BCUT2D eigenvalue weighted by Gasteiger charge is 2.79. The smallest absolute Gasteiger partial charge is 0.115 e. The average molecular weight is 759 g/mol. The molecule has 14 rings (SSSR count). The highest BCUT2D eigenvalue weighted by atomic mass is 16.3. The predicted molar refractivity (Wildman–Crippen MR) is 232 cm³/mol. The summed E-state index contributed by atoms with van der Waals surface area (Å²) in [6.07, 6.45) is 14.2. The lowest BCUT2D eigenvalue weighted by molar-refractivity contribution is -0.237. The predicted octanol–water partition coefficient (Wildman–Crippen LogP) is 12.8. The summed E-state index contributed by atoms with van der Waals surface area (Å²) in [5, 5.41) is 21.4. The molecule has 290 valence electrons. The number of aromatic hydroxyl groups is 2. The third-order valence-corrected chi connectivity index (χ3v) is 17.8. The maximum absolute atomic E-state index is 10.7. The molecule has 8 saturated carbocycles. The summed E-state index contributed by atoms with van der Waals surface area (Å²) in [6.45, 7) is 0. The van der Waals surface area contributed by atoms with E-state index in [-0.39, 0.29) is 43.3 Å². The van der Waals surface area contributed by atoms with Crippen molar-refractivity contribution in [2.45, 2.75) is 110 Å². The standard InChI is InChI=1S/C56H54O2/c57-47-25-21-45(22-26-47)53-31-49(41-13-5-1-6-14-41)29-50(32-53,42-15-7-2-8-16-42)36-55(35-49,39-53)56-37-51(43-17-9-3-10-18-43)30-52(38-56,44-19-11-4-12-20-44)34-54(33-51,40-56)46-23-27-48(58)28-24-46/h1-28,57-58H,29-40H2. The Hall–Kier alpha value is -5.08. The van der Waals surface area contributed by atoms with Crippen LogP contribution in [0.5, 0.6) is 11.5 Å². The van der Waals surface area contributed by atoms with Crippen LogP contribution in [0, 0.1) is 10.8 Å². The van der Waals surface area contributed by atoms with Crippen molar-refractivity contribution in [3.63, 3.8) is 0 Å². The molecule has 8 fully saturated rings. The van der Waals surface area contributed by atoms with Crippen LogP contribution < -0.4 is 0 Å². The Morgan fingerprint density at radius 1 is 0.224 bits per heavy atom. The SMILES string of the molecule is Oc1ccc(C23CC4(c5ccccc5)CC(c5ccccc5)(C2)CC(C25CC6(c7ccccc7)CC(c7ccccc7)(CC(c7ccc(O)cc7)(C6)C2)C5)(C4)C3)cc1. The molecule has 58 heavy (non-hydrogen) atoms. The lowest BCUT2D eigenvalue weighted by Crippen LogP contribution is -2.75. The van der Waals surface area contributed by atoms with Crippen LogP contribution in [0.2, 0.25) is 0 Å². The zero-order valence-corrected chi connectivity index (χ0v) is 33.5. The number of phenols is 2. The van der Waals surface area contributed by atoms with Crippen LogP contribution in [0.3, 0.4) is 0 Å². The number of benzene rings is 6. The molecule has 0 radical (unpaired) electrons. The molecule has 0 saturated heterocycles. The topological polar surface area (TPSA) is 40.5 Å². The van der Waals surface area contributed by atoms with Crippen molar-refractivity contribution in [3.05, 3.63) is 203 Å². The number of phenolic OH excluding ortho intramolecular Hbond substituents is 2. The summed E-state index contributed by atoms with van der Waals surface area (Å²) >= 11 is 0. The molecule has 4 atom stereocenters. The van der Waals surface area contributed by atoms with Crippen molar-refractivity contribution >= 4 is 0 Å². The van der Waals surface area contributed by atoms with Gasteiger partial charge in [-0.2, -0.15) is 0 Å². The first-order valence-corrected chi connectivity index (χ1v) is 22.0. The molecule has 8 aliphatic carbocycles. The lowest BCUT2D eigenvalue weighted by Gasteiger charge is -2.81. The van der Waals surface area contributed by atoms with Gasteiger partial charge in [0.05, 0.1) is 0 Å². The van der Waals surface area contributed by atoms with Crippen LogP contribution in [0.4, 0.5) is 0 Å². The van der Waals surface area contributed by atoms with Crippen molar-refractivity contribution in [2.75, 3.05) is 0 Å². The molecule has 0 spiro atoms. The largest absolute Gasteiger partial charge is 0.508 e. The quantitative estimate of drug-likeness (QED) is 0.170. The molecule has 4 unspecified atom stereocenters. The van der Waals surface area contributed by atoms with Gasteiger partial charge in [-0.25, -0.2) is 0 Å². The van der Waals surface area contributed by atoms with Gasteiger partial charge in [-0.3, -0.25) is 0 Å². The molecule has 0 amide bonds. The van der Waals surface area contributed by atoms with E-state index in [1.807, 2.05) is 24.3 Å². The van der Waals surface area contributed by atoms with Gasteiger partial charge >= 0.3 is 0 Å². The van der Waals surface area contributed by atoms with Crippen molar-refractivity contribution in [1.29, 1.82) is 0 Å². The summed E-state index contributed by atoms with van der Waals surface area (Å²) in [6, 6.07) is 64.0. The van der Waals surface area contributed by atoms with E-state index in [0.717, 1.165) is 25.7 Å². The maximum atomic E-state index is 10.7. The average Bonchev–Trinajstić information content (AvgIpc) is 3.24. The highest BCUT2D eigenvalue weighted by Crippen LogP contribution is 2.85. The fourth-order valence-corrected chi connectivity index (χ4v) is 17.0. The Morgan fingerprint density at radius 2 is 0.414 bits per heavy atom. The highest BCUT2D eigenvalue weighted by molar-refractivity contribution is 5.51. The zero-order valence-electron chi connectivity index (χ0n) is 33.5. The van der Waals surface area contributed by atoms with E-state index in [4.69, 9.17) is 0 Å². The maximum Gasteiger partial charge on any atom is 0.115 e. The van der Waals surface area contributed by atoms with Gasteiger partial charge in [0.25, 0.3) is 0 Å². The van der Waals surface area contributed by atoms with Gasteiger partial charge < -0.3 is 10.2 Å². The molecule has 0 aliphatic heterocycles. The zero-order chi connectivity index (χ0) is 38.9. The Kier molecular flexibility index (Phi) is 7.09. The van der Waals surface area contributed by atoms with Gasteiger partial charge in [0, 0.05) is 0 Å². The second-order valence-electron chi connectivity index (χ2n) is 20.9. The number of rotatable bonds is 7. The molecule has 2 N–H and O–H groups in total. The van der Waals surface area contributed by atoms with E-state index in [0.29, 0.717) is 11.5 Å². The summed E-state index contributed by atoms with van der Waals surface area (Å²) in [7, 11) is 0. The van der Waals surface area contributed by atoms with Gasteiger partial charge in [-0.15, -0.1) is 0 Å². The molecule has 8 bridgehead atoms. The summed E-state index contributed by atoms with van der Waals surface area (Å²) < 4.78 is 0. The molecule has 0 heterocycles. The third kappa shape index (κ3) is 4.72. The minimum absolute atomic E-state index is 0.0125. The van der Waals surface area contributed by atoms with Gasteiger partial charge in [-0.1, -0.05) is 146 Å². The van der Waals surface area contributed by atoms with Crippen molar-refractivity contribution in [3.8, 4) is 11.5 Å².